The van der Waals surface area contributed by atoms with Crippen molar-refractivity contribution in [2.45, 2.75) is 32.2 Å². The Kier molecular flexibility index (Phi) is 5.24. The van der Waals surface area contributed by atoms with E-state index in [0.717, 1.165) is 37.3 Å². The minimum absolute atomic E-state index is 0.506. The smallest absolute Gasteiger partial charge is 0.316 e. The van der Waals surface area contributed by atoms with E-state index in [-0.39, 0.29) is 0 Å². The molecule has 0 saturated carbocycles. The van der Waals surface area contributed by atoms with Crippen LogP contribution in [0.1, 0.15) is 26.2 Å². The van der Waals surface area contributed by atoms with Crippen LogP contribution in [0.2, 0.25) is 0 Å². The van der Waals surface area contributed by atoms with E-state index in [9.17, 15) is 4.79 Å². The molecule has 0 radical (unpaired) electrons. The van der Waals surface area contributed by atoms with Gasteiger partial charge < -0.3 is 21.3 Å². The molecule has 2 rings (SSSR count). The molecule has 110 valence electrons. The van der Waals surface area contributed by atoms with E-state index in [0.29, 0.717) is 6.04 Å². The zero-order valence-corrected chi connectivity index (χ0v) is 12.1. The summed E-state index contributed by atoms with van der Waals surface area (Å²) >= 11 is 0. The average Bonchev–Trinajstić information content (AvgIpc) is 2.41. The lowest BCUT2D eigenvalue weighted by molar-refractivity contribution is 0.219. The first kappa shape index (κ1) is 14.7. The summed E-state index contributed by atoms with van der Waals surface area (Å²) in [5.41, 5.74) is 6.89. The standard InChI is InChI=1S/C15H24N4O/c1-2-8-19-9-6-12(7-10-19)17-13-4-3-5-14(11-13)18-15(16)20/h3-5,11-12,17H,2,6-10H2,1H3,(H3,16,18,20). The number of primary amides is 1. The predicted octanol–water partition coefficient (Wildman–Crippen LogP) is 2.46. The van der Waals surface area contributed by atoms with Crippen LogP contribution < -0.4 is 16.4 Å². The topological polar surface area (TPSA) is 70.4 Å². The molecule has 5 heteroatoms. The van der Waals surface area contributed by atoms with E-state index in [1.165, 1.54) is 13.0 Å². The zero-order valence-electron chi connectivity index (χ0n) is 12.1. The molecule has 1 heterocycles. The molecule has 1 fully saturated rings. The van der Waals surface area contributed by atoms with Gasteiger partial charge in [0.2, 0.25) is 0 Å². The Morgan fingerprint density at radius 1 is 1.35 bits per heavy atom. The van der Waals surface area contributed by atoms with Gasteiger partial charge in [0.05, 0.1) is 0 Å². The maximum absolute atomic E-state index is 10.9. The predicted molar refractivity (Wildman–Crippen MR) is 83.0 cm³/mol. The Balaban J connectivity index is 1.86. The highest BCUT2D eigenvalue weighted by atomic mass is 16.2. The van der Waals surface area contributed by atoms with E-state index < -0.39 is 6.03 Å². The quantitative estimate of drug-likeness (QED) is 0.773. The molecule has 0 spiro atoms. The number of nitrogens with two attached hydrogens (primary N) is 1. The number of urea groups is 1. The van der Waals surface area contributed by atoms with Gasteiger partial charge in [-0.05, 0) is 44.0 Å². The number of amides is 2. The third-order valence-corrected chi connectivity index (χ3v) is 3.63. The normalized spacial score (nSPS) is 16.9. The number of rotatable bonds is 5. The number of carbonyl (C=O) groups is 1. The Morgan fingerprint density at radius 3 is 2.70 bits per heavy atom. The fourth-order valence-corrected chi connectivity index (χ4v) is 2.68. The number of nitrogens with zero attached hydrogens (tertiary/aromatic N) is 1. The van der Waals surface area contributed by atoms with Gasteiger partial charge in [0.25, 0.3) is 0 Å². The van der Waals surface area contributed by atoms with Crippen LogP contribution in [0.25, 0.3) is 0 Å². The van der Waals surface area contributed by atoms with Crippen LogP contribution in [0.4, 0.5) is 16.2 Å². The third kappa shape index (κ3) is 4.42. The summed E-state index contributed by atoms with van der Waals surface area (Å²) in [6.07, 6.45) is 3.54. The molecule has 1 aromatic carbocycles. The average molecular weight is 276 g/mol. The number of anilines is 2. The van der Waals surface area contributed by atoms with Crippen LogP contribution in [0.15, 0.2) is 24.3 Å². The largest absolute Gasteiger partial charge is 0.382 e. The van der Waals surface area contributed by atoms with Gasteiger partial charge in [-0.1, -0.05) is 13.0 Å². The second-order valence-electron chi connectivity index (χ2n) is 5.33. The zero-order chi connectivity index (χ0) is 14.4. The van der Waals surface area contributed by atoms with Crippen molar-refractivity contribution in [3.05, 3.63) is 24.3 Å². The third-order valence-electron chi connectivity index (χ3n) is 3.63. The van der Waals surface area contributed by atoms with Crippen molar-refractivity contribution in [1.82, 2.24) is 4.90 Å². The van der Waals surface area contributed by atoms with Crippen LogP contribution in [-0.2, 0) is 0 Å². The summed E-state index contributed by atoms with van der Waals surface area (Å²) in [5, 5.41) is 6.14. The highest BCUT2D eigenvalue weighted by Gasteiger charge is 2.18. The lowest BCUT2D eigenvalue weighted by atomic mass is 10.0. The van der Waals surface area contributed by atoms with E-state index >= 15 is 0 Å². The Morgan fingerprint density at radius 2 is 2.05 bits per heavy atom. The fraction of sp³-hybridized carbons (Fsp3) is 0.533. The number of benzene rings is 1. The van der Waals surface area contributed by atoms with Gasteiger partial charge in [0.1, 0.15) is 0 Å². The number of hydrogen-bond acceptors (Lipinski definition) is 3. The van der Waals surface area contributed by atoms with Gasteiger partial charge in [0.15, 0.2) is 0 Å². The van der Waals surface area contributed by atoms with Crippen molar-refractivity contribution >= 4 is 17.4 Å². The van der Waals surface area contributed by atoms with Gasteiger partial charge in [-0.15, -0.1) is 0 Å². The van der Waals surface area contributed by atoms with Crippen molar-refractivity contribution in [1.29, 1.82) is 0 Å². The summed E-state index contributed by atoms with van der Waals surface area (Å²) in [4.78, 5) is 13.4. The van der Waals surface area contributed by atoms with Crippen LogP contribution in [0, 0.1) is 0 Å². The van der Waals surface area contributed by atoms with Crippen LogP contribution in [0.5, 0.6) is 0 Å². The SMILES string of the molecule is CCCN1CCC(Nc2cccc(NC(N)=O)c2)CC1. The maximum atomic E-state index is 10.9. The molecular weight excluding hydrogens is 252 g/mol. The minimum atomic E-state index is -0.532. The first-order valence-corrected chi connectivity index (χ1v) is 7.33. The van der Waals surface area contributed by atoms with Crippen LogP contribution in [-0.4, -0.2) is 36.6 Å². The van der Waals surface area contributed by atoms with Crippen molar-refractivity contribution in [3.8, 4) is 0 Å². The number of carbonyl (C=O) groups excluding carboxylic acids is 1. The van der Waals surface area contributed by atoms with Gasteiger partial charge in [-0.3, -0.25) is 0 Å². The second-order valence-corrected chi connectivity index (χ2v) is 5.33. The molecule has 1 aliphatic rings. The summed E-state index contributed by atoms with van der Waals surface area (Å²) in [6, 6.07) is 7.66. The Labute approximate surface area is 120 Å². The Bertz CT molecular complexity index is 441. The lowest BCUT2D eigenvalue weighted by Gasteiger charge is -2.32. The van der Waals surface area contributed by atoms with Gasteiger partial charge in [-0.2, -0.15) is 0 Å². The summed E-state index contributed by atoms with van der Waals surface area (Å²) < 4.78 is 0. The highest BCUT2D eigenvalue weighted by molar-refractivity contribution is 5.88. The number of piperidine rings is 1. The van der Waals surface area contributed by atoms with Gasteiger partial charge in [-0.25, -0.2) is 4.79 Å². The summed E-state index contributed by atoms with van der Waals surface area (Å²) in [7, 11) is 0. The number of hydrogen-bond donors (Lipinski definition) is 3. The van der Waals surface area contributed by atoms with E-state index in [1.807, 2.05) is 24.3 Å². The van der Waals surface area contributed by atoms with Crippen LogP contribution in [0.3, 0.4) is 0 Å². The molecule has 0 unspecified atom stereocenters. The van der Waals surface area contributed by atoms with Crippen molar-refractivity contribution in [2.24, 2.45) is 5.73 Å². The first-order chi connectivity index (χ1) is 9.67. The number of likely N-dealkylation sites (tertiary alicyclic amines) is 1. The van der Waals surface area contributed by atoms with Gasteiger partial charge >= 0.3 is 6.03 Å². The van der Waals surface area contributed by atoms with Crippen molar-refractivity contribution in [2.75, 3.05) is 30.3 Å². The monoisotopic (exact) mass is 276 g/mol. The Hall–Kier alpha value is -1.75. The van der Waals surface area contributed by atoms with Crippen molar-refractivity contribution < 1.29 is 4.79 Å². The maximum Gasteiger partial charge on any atom is 0.316 e. The molecule has 0 aromatic heterocycles. The molecule has 2 amide bonds. The molecule has 4 N–H and O–H groups in total. The molecule has 1 aliphatic heterocycles. The van der Waals surface area contributed by atoms with Crippen molar-refractivity contribution in [3.63, 3.8) is 0 Å². The molecule has 1 aromatic rings. The highest BCUT2D eigenvalue weighted by Crippen LogP contribution is 2.19. The fourth-order valence-electron chi connectivity index (χ4n) is 2.68. The van der Waals surface area contributed by atoms with E-state index in [4.69, 9.17) is 5.73 Å². The van der Waals surface area contributed by atoms with Crippen LogP contribution >= 0.6 is 0 Å². The number of nitrogens with one attached hydrogen (secondary N) is 2. The van der Waals surface area contributed by atoms with E-state index in [2.05, 4.69) is 22.5 Å². The molecule has 0 aliphatic carbocycles. The molecular formula is C15H24N4O. The first-order valence-electron chi connectivity index (χ1n) is 7.33. The second kappa shape index (κ2) is 7.14. The lowest BCUT2D eigenvalue weighted by Crippen LogP contribution is -2.39. The molecule has 5 nitrogen and oxygen atoms in total. The molecule has 20 heavy (non-hydrogen) atoms. The molecule has 0 bridgehead atoms. The minimum Gasteiger partial charge on any atom is -0.382 e. The summed E-state index contributed by atoms with van der Waals surface area (Å²) in [6.45, 7) is 5.74. The van der Waals surface area contributed by atoms with E-state index in [1.54, 1.807) is 0 Å². The van der Waals surface area contributed by atoms with Gasteiger partial charge in [0, 0.05) is 30.5 Å². The molecule has 0 atom stereocenters. The molecule has 1 saturated heterocycles. The summed E-state index contributed by atoms with van der Waals surface area (Å²) in [5.74, 6) is 0.